The van der Waals surface area contributed by atoms with Crippen molar-refractivity contribution in [3.63, 3.8) is 0 Å². The monoisotopic (exact) mass is 440 g/mol. The van der Waals surface area contributed by atoms with Gasteiger partial charge in [-0.15, -0.1) is 0 Å². The Morgan fingerprint density at radius 2 is 1.69 bits per heavy atom. The van der Waals surface area contributed by atoms with E-state index in [1.165, 1.54) is 18.7 Å². The molecule has 0 aliphatic heterocycles. The maximum Gasteiger partial charge on any atom is 0.490 e. The molecule has 0 aliphatic rings. The lowest BCUT2D eigenvalue weighted by molar-refractivity contribution is -0.192. The number of thioether (sulfide) groups is 1. The van der Waals surface area contributed by atoms with E-state index in [1.807, 2.05) is 37.3 Å². The van der Waals surface area contributed by atoms with Crippen molar-refractivity contribution in [2.24, 2.45) is 5.73 Å². The average Bonchev–Trinajstić information content (AvgIpc) is 2.63. The number of benzene rings is 1. The third-order valence-electron chi connectivity index (χ3n) is 3.15. The molecule has 8 nitrogen and oxygen atoms in total. The Hall–Kier alpha value is -2.47. The molecule has 2 atom stereocenters. The minimum atomic E-state index is -5.08. The lowest BCUT2D eigenvalue weighted by atomic mass is 10.1. The summed E-state index contributed by atoms with van der Waals surface area (Å²) in [6.07, 6.45) is -5.58. The van der Waals surface area contributed by atoms with Gasteiger partial charge in [-0.25, -0.2) is 9.59 Å². The van der Waals surface area contributed by atoms with Crippen molar-refractivity contribution in [3.05, 3.63) is 35.9 Å². The van der Waals surface area contributed by atoms with Crippen LogP contribution >= 0.6 is 11.8 Å². The number of rotatable bonds is 8. The third kappa shape index (κ3) is 12.6. The van der Waals surface area contributed by atoms with Crippen LogP contribution in [0.5, 0.6) is 0 Å². The van der Waals surface area contributed by atoms with Gasteiger partial charge in [-0.1, -0.05) is 37.3 Å². The largest absolute Gasteiger partial charge is 0.490 e. The Morgan fingerprint density at radius 1 is 1.17 bits per heavy atom. The molecule has 0 bridgehead atoms. The average molecular weight is 440 g/mol. The molecule has 0 fully saturated rings. The normalized spacial score (nSPS) is 13.9. The lowest BCUT2D eigenvalue weighted by Gasteiger charge is -2.21. The highest BCUT2D eigenvalue weighted by Crippen LogP contribution is 2.16. The molecule has 5 N–H and O–H groups in total. The molecular weight excluding hydrogens is 417 g/mol. The number of amides is 1. The van der Waals surface area contributed by atoms with Gasteiger partial charge in [0.05, 0.1) is 0 Å². The van der Waals surface area contributed by atoms with Gasteiger partial charge in [-0.3, -0.25) is 4.79 Å². The van der Waals surface area contributed by atoms with Gasteiger partial charge in [-0.2, -0.15) is 24.9 Å². The van der Waals surface area contributed by atoms with E-state index >= 15 is 0 Å². The fourth-order valence-electron chi connectivity index (χ4n) is 1.44. The van der Waals surface area contributed by atoms with E-state index in [2.05, 4.69) is 5.32 Å². The summed E-state index contributed by atoms with van der Waals surface area (Å²) in [5.74, 6) is -3.53. The highest BCUT2D eigenvalue weighted by molar-refractivity contribution is 8.00. The fourth-order valence-corrected chi connectivity index (χ4v) is 2.39. The number of hydrogen-bond donors (Lipinski definition) is 4. The van der Waals surface area contributed by atoms with Crippen molar-refractivity contribution in [2.45, 2.75) is 37.4 Å². The van der Waals surface area contributed by atoms with Crippen LogP contribution in [0, 0.1) is 0 Å². The van der Waals surface area contributed by atoms with Crippen molar-refractivity contribution in [2.75, 3.05) is 12.3 Å². The van der Waals surface area contributed by atoms with Gasteiger partial charge in [0.2, 0.25) is 0 Å². The Balaban J connectivity index is 0.000000956. The van der Waals surface area contributed by atoms with Gasteiger partial charge in [-0.05, 0) is 12.5 Å². The number of carbonyl (C=O) groups excluding carboxylic acids is 1. The van der Waals surface area contributed by atoms with Crippen LogP contribution in [-0.4, -0.2) is 57.5 Å². The van der Waals surface area contributed by atoms with Crippen LogP contribution < -0.4 is 11.1 Å². The zero-order valence-corrected chi connectivity index (χ0v) is 16.5. The van der Waals surface area contributed by atoms with Crippen LogP contribution in [0.2, 0.25) is 0 Å². The highest BCUT2D eigenvalue weighted by Gasteiger charge is 2.38. The molecule has 12 heteroatoms. The molecule has 0 aliphatic carbocycles. The summed E-state index contributed by atoms with van der Waals surface area (Å²) in [4.78, 5) is 31.4. The molecule has 0 unspecified atom stereocenters. The highest BCUT2D eigenvalue weighted by atomic mass is 32.2. The first-order chi connectivity index (χ1) is 13.3. The molecule has 29 heavy (non-hydrogen) atoms. The van der Waals surface area contributed by atoms with Crippen LogP contribution in [0.25, 0.3) is 0 Å². The summed E-state index contributed by atoms with van der Waals surface area (Å²) in [7, 11) is 0. The van der Waals surface area contributed by atoms with Crippen LogP contribution in [0.4, 0.5) is 18.0 Å². The van der Waals surface area contributed by atoms with Gasteiger partial charge in [0.15, 0.2) is 0 Å². The Morgan fingerprint density at radius 3 is 2.14 bits per heavy atom. The first kappa shape index (κ1) is 26.5. The summed E-state index contributed by atoms with van der Waals surface area (Å²) >= 11 is 1.39. The minimum Gasteiger partial charge on any atom is -0.480 e. The van der Waals surface area contributed by atoms with Gasteiger partial charge in [0.1, 0.15) is 12.1 Å². The zero-order valence-electron chi connectivity index (χ0n) is 15.7. The molecule has 164 valence electrons. The SMILES string of the molecule is C[C@H](CNC(=O)OCc1ccccc1)SC[C@](C)(N)C(=O)O.O=C(O)C(F)(F)F. The molecule has 0 radical (unpaired) electrons. The Kier molecular flexibility index (Phi) is 11.1. The number of nitrogens with one attached hydrogen (secondary N) is 1. The summed E-state index contributed by atoms with van der Waals surface area (Å²) in [6.45, 7) is 3.96. The number of alkyl carbamates (subject to hydrolysis) is 1. The second-order valence-electron chi connectivity index (χ2n) is 6.09. The molecule has 0 saturated heterocycles. The number of alkyl halides is 3. The Labute approximate surface area is 169 Å². The van der Waals surface area contributed by atoms with E-state index in [0.717, 1.165) is 5.56 Å². The number of carboxylic acids is 2. The number of hydrogen-bond acceptors (Lipinski definition) is 6. The van der Waals surface area contributed by atoms with Crippen molar-refractivity contribution < 1.29 is 42.5 Å². The molecule has 0 heterocycles. The second kappa shape index (κ2) is 12.2. The number of aliphatic carboxylic acids is 2. The predicted molar refractivity (Wildman–Crippen MR) is 100 cm³/mol. The van der Waals surface area contributed by atoms with E-state index in [-0.39, 0.29) is 17.6 Å². The number of halogens is 3. The van der Waals surface area contributed by atoms with Crippen molar-refractivity contribution >= 4 is 29.8 Å². The van der Waals surface area contributed by atoms with Crippen LogP contribution in [-0.2, 0) is 20.9 Å². The molecule has 1 aromatic rings. The van der Waals surface area contributed by atoms with Crippen molar-refractivity contribution in [1.29, 1.82) is 0 Å². The van der Waals surface area contributed by atoms with Gasteiger partial charge in [0, 0.05) is 17.5 Å². The summed E-state index contributed by atoms with van der Waals surface area (Å²) in [6, 6.07) is 9.40. The Bertz CT molecular complexity index is 671. The van der Waals surface area contributed by atoms with E-state index < -0.39 is 29.7 Å². The molecule has 1 aromatic carbocycles. The topological polar surface area (TPSA) is 139 Å². The quantitative estimate of drug-likeness (QED) is 0.484. The number of carbonyl (C=O) groups is 3. The van der Waals surface area contributed by atoms with E-state index in [1.54, 1.807) is 0 Å². The van der Waals surface area contributed by atoms with Gasteiger partial charge < -0.3 is 26.0 Å². The lowest BCUT2D eigenvalue weighted by Crippen LogP contribution is -2.47. The van der Waals surface area contributed by atoms with Crippen molar-refractivity contribution in [1.82, 2.24) is 5.32 Å². The summed E-state index contributed by atoms with van der Waals surface area (Å²) < 4.78 is 36.8. The maximum atomic E-state index is 11.6. The van der Waals surface area contributed by atoms with E-state index in [4.69, 9.17) is 25.5 Å². The van der Waals surface area contributed by atoms with Gasteiger partial charge in [0.25, 0.3) is 0 Å². The first-order valence-electron chi connectivity index (χ1n) is 8.14. The van der Waals surface area contributed by atoms with Crippen LogP contribution in [0.3, 0.4) is 0 Å². The number of ether oxygens (including phenoxy) is 1. The maximum absolute atomic E-state index is 11.6. The standard InChI is InChI=1S/C15H22N2O4S.C2HF3O2/c1-11(22-10-15(2,16)13(18)19)8-17-14(20)21-9-12-6-4-3-5-7-12;3-2(4,5)1(6)7/h3-7,11H,8-10,16H2,1-2H3,(H,17,20)(H,18,19);(H,6,7)/t11-,15+;/m1./s1. The number of carboxylic acid groups (broad SMARTS) is 2. The second-order valence-corrected chi connectivity index (χ2v) is 7.52. The molecule has 0 saturated carbocycles. The summed E-state index contributed by atoms with van der Waals surface area (Å²) in [5, 5.41) is 18.7. The first-order valence-corrected chi connectivity index (χ1v) is 9.19. The van der Waals surface area contributed by atoms with Crippen molar-refractivity contribution in [3.8, 4) is 0 Å². The molecule has 0 spiro atoms. The van der Waals surface area contributed by atoms with E-state index in [0.29, 0.717) is 6.54 Å². The smallest absolute Gasteiger partial charge is 0.480 e. The van der Waals surface area contributed by atoms with Crippen LogP contribution in [0.1, 0.15) is 19.4 Å². The number of nitrogens with two attached hydrogens (primary N) is 1. The molecule has 0 aromatic heterocycles. The van der Waals surface area contributed by atoms with E-state index in [9.17, 15) is 22.8 Å². The zero-order chi connectivity index (χ0) is 22.7. The minimum absolute atomic E-state index is 0.0338. The van der Waals surface area contributed by atoms with Gasteiger partial charge >= 0.3 is 24.2 Å². The molecular formula is C17H23F3N2O6S. The molecule has 1 rings (SSSR count). The summed E-state index contributed by atoms with van der Waals surface area (Å²) in [5.41, 5.74) is 5.29. The fraction of sp³-hybridized carbons (Fsp3) is 0.471. The van der Waals surface area contributed by atoms with Crippen LogP contribution in [0.15, 0.2) is 30.3 Å². The predicted octanol–water partition coefficient (Wildman–Crippen LogP) is 2.47. The third-order valence-corrected chi connectivity index (χ3v) is 4.65. The molecule has 1 amide bonds.